The van der Waals surface area contributed by atoms with Gasteiger partial charge in [0.15, 0.2) is 0 Å². The first-order chi connectivity index (χ1) is 10.1. The van der Waals surface area contributed by atoms with E-state index >= 15 is 0 Å². The molecule has 0 radical (unpaired) electrons. The molecule has 2 N–H and O–H groups in total. The molecule has 0 heterocycles. The van der Waals surface area contributed by atoms with Crippen LogP contribution in [0.15, 0.2) is 54.6 Å². The monoisotopic (exact) mass is 283 g/mol. The number of rotatable bonds is 4. The minimum Gasteiger partial charge on any atom is -0.321 e. The van der Waals surface area contributed by atoms with Crippen LogP contribution in [0.3, 0.4) is 0 Å². The highest BCUT2D eigenvalue weighted by Crippen LogP contribution is 2.17. The van der Waals surface area contributed by atoms with Crippen LogP contribution in [0.1, 0.15) is 20.7 Å². The van der Waals surface area contributed by atoms with E-state index in [1.807, 2.05) is 6.07 Å². The second-order valence-electron chi connectivity index (χ2n) is 4.45. The lowest BCUT2D eigenvalue weighted by atomic mass is 10.1. The van der Waals surface area contributed by atoms with E-state index in [1.165, 1.54) is 5.01 Å². The number of carbonyl (C=O) groups is 2. The van der Waals surface area contributed by atoms with Gasteiger partial charge in [-0.1, -0.05) is 30.3 Å². The molecule has 0 saturated heterocycles. The summed E-state index contributed by atoms with van der Waals surface area (Å²) in [6, 6.07) is 15.8. The van der Waals surface area contributed by atoms with Crippen LogP contribution in [0, 0.1) is 0 Å². The summed E-state index contributed by atoms with van der Waals surface area (Å²) in [5, 5.41) is 4.13. The maximum atomic E-state index is 12.2. The Morgan fingerprint density at radius 3 is 2.24 bits per heavy atom. The number of hydrazine groups is 1. The van der Waals surface area contributed by atoms with Gasteiger partial charge in [0.05, 0.1) is 11.3 Å². The van der Waals surface area contributed by atoms with Crippen molar-refractivity contribution in [1.82, 2.24) is 10.4 Å². The predicted octanol–water partition coefficient (Wildman–Crippen LogP) is 2.15. The van der Waals surface area contributed by atoms with Gasteiger partial charge in [-0.15, -0.1) is 0 Å². The van der Waals surface area contributed by atoms with Crippen LogP contribution >= 0.6 is 0 Å². The molecule has 2 rings (SSSR count). The van der Waals surface area contributed by atoms with Gasteiger partial charge in [0, 0.05) is 19.7 Å². The van der Waals surface area contributed by atoms with Crippen LogP contribution in [0.2, 0.25) is 0 Å². The normalized spacial score (nSPS) is 10.0. The van der Waals surface area contributed by atoms with Crippen LogP contribution in [-0.2, 0) is 0 Å². The number of hydrogen-bond acceptors (Lipinski definition) is 3. The molecule has 2 amide bonds. The lowest BCUT2D eigenvalue weighted by Gasteiger charge is -2.17. The van der Waals surface area contributed by atoms with E-state index < -0.39 is 0 Å². The third kappa shape index (κ3) is 3.46. The van der Waals surface area contributed by atoms with Crippen molar-refractivity contribution in [2.75, 3.05) is 19.4 Å². The maximum absolute atomic E-state index is 12.2. The van der Waals surface area contributed by atoms with Crippen molar-refractivity contribution >= 4 is 17.5 Å². The van der Waals surface area contributed by atoms with Gasteiger partial charge in [-0.2, -0.15) is 0 Å². The third-order valence-corrected chi connectivity index (χ3v) is 3.08. The molecule has 0 unspecified atom stereocenters. The number of benzene rings is 2. The molecule has 108 valence electrons. The zero-order valence-corrected chi connectivity index (χ0v) is 12.0. The molecule has 5 nitrogen and oxygen atoms in total. The molecular weight excluding hydrogens is 266 g/mol. The van der Waals surface area contributed by atoms with Crippen LogP contribution in [0.4, 0.5) is 5.69 Å². The summed E-state index contributed by atoms with van der Waals surface area (Å²) in [4.78, 5) is 24.4. The fourth-order valence-electron chi connectivity index (χ4n) is 1.84. The highest BCUT2D eigenvalue weighted by molar-refractivity contribution is 6.08. The number of carbonyl (C=O) groups excluding carboxylic acids is 2. The van der Waals surface area contributed by atoms with Crippen LogP contribution < -0.4 is 10.7 Å². The topological polar surface area (TPSA) is 61.4 Å². The van der Waals surface area contributed by atoms with Crippen molar-refractivity contribution in [3.63, 3.8) is 0 Å². The Hall–Kier alpha value is -2.66. The summed E-state index contributed by atoms with van der Waals surface area (Å²) in [6.45, 7) is 0. The minimum absolute atomic E-state index is 0.221. The standard InChI is InChI=1S/C16H17N3O2/c1-17-19(2)16(21)13-10-6-7-11-14(13)18-15(20)12-8-4-3-5-9-12/h3-11,17H,1-2H3,(H,18,20). The largest absolute Gasteiger partial charge is 0.321 e. The Bertz CT molecular complexity index is 641. The van der Waals surface area contributed by atoms with Crippen molar-refractivity contribution in [3.05, 3.63) is 65.7 Å². The van der Waals surface area contributed by atoms with E-state index in [9.17, 15) is 9.59 Å². The molecule has 21 heavy (non-hydrogen) atoms. The van der Waals surface area contributed by atoms with Gasteiger partial charge in [0.2, 0.25) is 0 Å². The fourth-order valence-corrected chi connectivity index (χ4v) is 1.84. The van der Waals surface area contributed by atoms with E-state index in [1.54, 1.807) is 62.6 Å². The smallest absolute Gasteiger partial charge is 0.269 e. The highest BCUT2D eigenvalue weighted by Gasteiger charge is 2.16. The molecule has 0 saturated carbocycles. The van der Waals surface area contributed by atoms with Gasteiger partial charge in [-0.05, 0) is 24.3 Å². The van der Waals surface area contributed by atoms with Crippen LogP contribution in [0.5, 0.6) is 0 Å². The zero-order chi connectivity index (χ0) is 15.2. The molecule has 0 aliphatic carbocycles. The Morgan fingerprint density at radius 2 is 1.57 bits per heavy atom. The Morgan fingerprint density at radius 1 is 0.952 bits per heavy atom. The second kappa shape index (κ2) is 6.67. The maximum Gasteiger partial charge on any atom is 0.269 e. The first kappa shape index (κ1) is 14.7. The Kier molecular flexibility index (Phi) is 4.68. The van der Waals surface area contributed by atoms with E-state index in [-0.39, 0.29) is 11.8 Å². The van der Waals surface area contributed by atoms with E-state index in [0.29, 0.717) is 16.8 Å². The average Bonchev–Trinajstić information content (AvgIpc) is 2.54. The zero-order valence-electron chi connectivity index (χ0n) is 12.0. The molecule has 0 fully saturated rings. The summed E-state index contributed by atoms with van der Waals surface area (Å²) in [6.07, 6.45) is 0. The van der Waals surface area contributed by atoms with Gasteiger partial charge < -0.3 is 5.32 Å². The van der Waals surface area contributed by atoms with E-state index in [4.69, 9.17) is 0 Å². The number of nitrogens with one attached hydrogen (secondary N) is 2. The predicted molar refractivity (Wildman–Crippen MR) is 82.0 cm³/mol. The SMILES string of the molecule is CNN(C)C(=O)c1ccccc1NC(=O)c1ccccc1. The molecule has 0 spiro atoms. The Labute approximate surface area is 123 Å². The summed E-state index contributed by atoms with van der Waals surface area (Å²) in [5.74, 6) is -0.468. The van der Waals surface area contributed by atoms with Gasteiger partial charge in [-0.3, -0.25) is 14.6 Å². The molecule has 0 bridgehead atoms. The number of anilines is 1. The van der Waals surface area contributed by atoms with Crippen molar-refractivity contribution in [2.45, 2.75) is 0 Å². The van der Waals surface area contributed by atoms with E-state index in [0.717, 1.165) is 0 Å². The number of amides is 2. The van der Waals surface area contributed by atoms with E-state index in [2.05, 4.69) is 10.7 Å². The van der Waals surface area contributed by atoms with Crippen molar-refractivity contribution in [3.8, 4) is 0 Å². The van der Waals surface area contributed by atoms with Gasteiger partial charge in [-0.25, -0.2) is 5.43 Å². The van der Waals surface area contributed by atoms with Crippen molar-refractivity contribution < 1.29 is 9.59 Å². The molecule has 0 atom stereocenters. The minimum atomic E-state index is -0.247. The van der Waals surface area contributed by atoms with Gasteiger partial charge in [0.1, 0.15) is 0 Å². The second-order valence-corrected chi connectivity index (χ2v) is 4.45. The first-order valence-electron chi connectivity index (χ1n) is 6.54. The number of hydrogen-bond donors (Lipinski definition) is 2. The number of nitrogens with zero attached hydrogens (tertiary/aromatic N) is 1. The van der Waals surface area contributed by atoms with Crippen molar-refractivity contribution in [2.24, 2.45) is 0 Å². The van der Waals surface area contributed by atoms with Gasteiger partial charge in [0.25, 0.3) is 11.8 Å². The molecule has 2 aromatic carbocycles. The molecular formula is C16H17N3O2. The summed E-state index contributed by atoms with van der Waals surface area (Å²) < 4.78 is 0. The fraction of sp³-hybridized carbons (Fsp3) is 0.125. The molecule has 0 aromatic heterocycles. The summed E-state index contributed by atoms with van der Waals surface area (Å²) >= 11 is 0. The Balaban J connectivity index is 2.25. The van der Waals surface area contributed by atoms with Crippen LogP contribution in [0.25, 0.3) is 0 Å². The number of para-hydroxylation sites is 1. The summed E-state index contributed by atoms with van der Waals surface area (Å²) in [5.41, 5.74) is 4.20. The lowest BCUT2D eigenvalue weighted by molar-refractivity contribution is 0.0736. The van der Waals surface area contributed by atoms with Gasteiger partial charge >= 0.3 is 0 Å². The molecule has 5 heteroatoms. The van der Waals surface area contributed by atoms with Crippen molar-refractivity contribution in [1.29, 1.82) is 0 Å². The average molecular weight is 283 g/mol. The molecule has 2 aromatic rings. The highest BCUT2D eigenvalue weighted by atomic mass is 16.2. The third-order valence-electron chi connectivity index (χ3n) is 3.08. The van der Waals surface area contributed by atoms with Crippen LogP contribution in [-0.4, -0.2) is 30.9 Å². The molecule has 0 aliphatic rings. The summed E-state index contributed by atoms with van der Waals surface area (Å²) in [7, 11) is 3.28. The quantitative estimate of drug-likeness (QED) is 0.845. The first-order valence-corrected chi connectivity index (χ1v) is 6.54. The lowest BCUT2D eigenvalue weighted by Crippen LogP contribution is -2.37. The molecule has 0 aliphatic heterocycles.